The number of hydrogen-bond acceptors (Lipinski definition) is 6. The Bertz CT molecular complexity index is 97.8. The van der Waals surface area contributed by atoms with Crippen molar-refractivity contribution in [2.45, 2.75) is 6.42 Å². The fourth-order valence-electron chi connectivity index (χ4n) is 1.97. The lowest BCUT2D eigenvalue weighted by atomic mass is 10.4. The van der Waals surface area contributed by atoms with Crippen molar-refractivity contribution in [1.82, 2.24) is 31.9 Å². The standard InChI is InChI=1S/C13H32N6/c1-2-14-4-6-16-8-10-18-12-13-19-11-9-17-7-5-15-3-1/h14-19H,1-13H2. The van der Waals surface area contributed by atoms with Crippen LogP contribution in [0.15, 0.2) is 0 Å². The van der Waals surface area contributed by atoms with Gasteiger partial charge < -0.3 is 31.9 Å². The van der Waals surface area contributed by atoms with Crippen LogP contribution in [0.2, 0.25) is 0 Å². The van der Waals surface area contributed by atoms with Crippen molar-refractivity contribution in [1.29, 1.82) is 0 Å². The Balaban J connectivity index is 2.01. The molecule has 0 aromatic rings. The zero-order valence-corrected chi connectivity index (χ0v) is 12.2. The van der Waals surface area contributed by atoms with Crippen LogP contribution >= 0.6 is 0 Å². The van der Waals surface area contributed by atoms with E-state index in [2.05, 4.69) is 31.9 Å². The van der Waals surface area contributed by atoms with Crippen LogP contribution in [0.3, 0.4) is 0 Å². The zero-order valence-electron chi connectivity index (χ0n) is 12.2. The highest BCUT2D eigenvalue weighted by atomic mass is 15.0. The molecule has 0 aromatic heterocycles. The van der Waals surface area contributed by atoms with Crippen LogP contribution < -0.4 is 31.9 Å². The van der Waals surface area contributed by atoms with Crippen molar-refractivity contribution in [3.05, 3.63) is 0 Å². The van der Waals surface area contributed by atoms with Crippen LogP contribution in [0.1, 0.15) is 6.42 Å². The molecule has 19 heavy (non-hydrogen) atoms. The van der Waals surface area contributed by atoms with Gasteiger partial charge in [-0.1, -0.05) is 0 Å². The van der Waals surface area contributed by atoms with E-state index < -0.39 is 0 Å². The van der Waals surface area contributed by atoms with E-state index in [1.54, 1.807) is 0 Å². The van der Waals surface area contributed by atoms with E-state index in [1.807, 2.05) is 0 Å². The molecule has 1 saturated heterocycles. The third-order valence-corrected chi connectivity index (χ3v) is 3.10. The maximum absolute atomic E-state index is 3.45. The smallest absolute Gasteiger partial charge is 0.00772 e. The van der Waals surface area contributed by atoms with E-state index in [0.717, 1.165) is 78.5 Å². The van der Waals surface area contributed by atoms with Gasteiger partial charge in [-0.25, -0.2) is 0 Å². The molecule has 0 aliphatic carbocycles. The molecule has 0 spiro atoms. The van der Waals surface area contributed by atoms with Crippen LogP contribution in [-0.4, -0.2) is 78.5 Å². The Morgan fingerprint density at radius 2 is 0.474 bits per heavy atom. The first-order chi connectivity index (χ1) is 9.50. The highest BCUT2D eigenvalue weighted by molar-refractivity contribution is 4.59. The quantitative estimate of drug-likeness (QED) is 0.304. The van der Waals surface area contributed by atoms with Gasteiger partial charge in [0.05, 0.1) is 0 Å². The summed E-state index contributed by atoms with van der Waals surface area (Å²) in [4.78, 5) is 0. The van der Waals surface area contributed by atoms with Crippen molar-refractivity contribution in [2.75, 3.05) is 78.5 Å². The first-order valence-corrected chi connectivity index (χ1v) is 7.74. The molecule has 0 radical (unpaired) electrons. The summed E-state index contributed by atoms with van der Waals surface area (Å²) < 4.78 is 0. The van der Waals surface area contributed by atoms with Crippen molar-refractivity contribution >= 4 is 0 Å². The minimum Gasteiger partial charge on any atom is -0.315 e. The lowest BCUT2D eigenvalue weighted by Gasteiger charge is -2.08. The topological polar surface area (TPSA) is 72.2 Å². The third-order valence-electron chi connectivity index (χ3n) is 3.10. The fourth-order valence-corrected chi connectivity index (χ4v) is 1.97. The average Bonchev–Trinajstić information content (AvgIpc) is 2.43. The van der Waals surface area contributed by atoms with Crippen LogP contribution in [0, 0.1) is 0 Å². The number of rotatable bonds is 0. The Morgan fingerprint density at radius 3 is 0.737 bits per heavy atom. The maximum Gasteiger partial charge on any atom is 0.00772 e. The molecular formula is C13H32N6. The van der Waals surface area contributed by atoms with Gasteiger partial charge in [0.2, 0.25) is 0 Å². The van der Waals surface area contributed by atoms with Crippen molar-refractivity contribution < 1.29 is 0 Å². The molecular weight excluding hydrogens is 240 g/mol. The molecule has 0 saturated carbocycles. The zero-order chi connectivity index (χ0) is 13.4. The summed E-state index contributed by atoms with van der Waals surface area (Å²) in [5.41, 5.74) is 0. The van der Waals surface area contributed by atoms with Crippen molar-refractivity contribution in [3.63, 3.8) is 0 Å². The summed E-state index contributed by atoms with van der Waals surface area (Å²) in [5, 5.41) is 20.6. The van der Waals surface area contributed by atoms with Gasteiger partial charge in [0, 0.05) is 65.4 Å². The number of nitrogens with one attached hydrogen (secondary N) is 6. The van der Waals surface area contributed by atoms with E-state index >= 15 is 0 Å². The minimum atomic E-state index is 1.04. The molecule has 0 bridgehead atoms. The molecule has 0 unspecified atom stereocenters. The minimum absolute atomic E-state index is 1.04. The van der Waals surface area contributed by atoms with Gasteiger partial charge in [-0.05, 0) is 19.5 Å². The molecule has 1 aliphatic rings. The summed E-state index contributed by atoms with van der Waals surface area (Å²) in [6, 6.07) is 0. The Morgan fingerprint density at radius 1 is 0.263 bits per heavy atom. The molecule has 114 valence electrons. The highest BCUT2D eigenvalue weighted by Gasteiger charge is 1.93. The van der Waals surface area contributed by atoms with E-state index in [1.165, 1.54) is 6.42 Å². The Kier molecular flexibility index (Phi) is 12.5. The predicted molar refractivity (Wildman–Crippen MR) is 81.8 cm³/mol. The molecule has 1 fully saturated rings. The fraction of sp³-hybridized carbons (Fsp3) is 1.00. The van der Waals surface area contributed by atoms with Crippen LogP contribution in [0.5, 0.6) is 0 Å². The van der Waals surface area contributed by atoms with E-state index in [0.29, 0.717) is 0 Å². The van der Waals surface area contributed by atoms with Gasteiger partial charge in [-0.2, -0.15) is 0 Å². The summed E-state index contributed by atoms with van der Waals surface area (Å²) in [6.45, 7) is 12.7. The maximum atomic E-state index is 3.45. The van der Waals surface area contributed by atoms with Gasteiger partial charge >= 0.3 is 0 Å². The summed E-state index contributed by atoms with van der Waals surface area (Å²) in [5.74, 6) is 0. The molecule has 0 aromatic carbocycles. The van der Waals surface area contributed by atoms with Crippen LogP contribution in [0.25, 0.3) is 0 Å². The Hall–Kier alpha value is -0.240. The Labute approximate surface area is 117 Å². The summed E-state index contributed by atoms with van der Waals surface area (Å²) >= 11 is 0. The molecule has 6 N–H and O–H groups in total. The van der Waals surface area contributed by atoms with Gasteiger partial charge in [0.1, 0.15) is 0 Å². The summed E-state index contributed by atoms with van der Waals surface area (Å²) in [7, 11) is 0. The van der Waals surface area contributed by atoms with Gasteiger partial charge in [-0.3, -0.25) is 0 Å². The van der Waals surface area contributed by atoms with E-state index in [-0.39, 0.29) is 0 Å². The molecule has 1 heterocycles. The first kappa shape index (κ1) is 16.8. The third kappa shape index (κ3) is 12.5. The molecule has 6 heteroatoms. The average molecular weight is 272 g/mol. The highest BCUT2D eigenvalue weighted by Crippen LogP contribution is 1.73. The summed E-state index contributed by atoms with van der Waals surface area (Å²) in [6.07, 6.45) is 1.20. The normalized spacial score (nSPS) is 24.0. The lowest BCUT2D eigenvalue weighted by Crippen LogP contribution is -2.36. The van der Waals surface area contributed by atoms with E-state index in [4.69, 9.17) is 0 Å². The van der Waals surface area contributed by atoms with E-state index in [9.17, 15) is 0 Å². The second-order valence-corrected chi connectivity index (χ2v) is 4.85. The molecule has 0 amide bonds. The number of hydrogen-bond donors (Lipinski definition) is 6. The molecule has 1 aliphatic heterocycles. The monoisotopic (exact) mass is 272 g/mol. The van der Waals surface area contributed by atoms with Crippen molar-refractivity contribution in [3.8, 4) is 0 Å². The molecule has 0 atom stereocenters. The largest absolute Gasteiger partial charge is 0.315 e. The van der Waals surface area contributed by atoms with Gasteiger partial charge in [0.25, 0.3) is 0 Å². The first-order valence-electron chi connectivity index (χ1n) is 7.74. The second kappa shape index (κ2) is 14.2. The molecule has 1 rings (SSSR count). The second-order valence-electron chi connectivity index (χ2n) is 4.85. The van der Waals surface area contributed by atoms with Gasteiger partial charge in [-0.15, -0.1) is 0 Å². The van der Waals surface area contributed by atoms with Crippen LogP contribution in [0.4, 0.5) is 0 Å². The van der Waals surface area contributed by atoms with Crippen LogP contribution in [-0.2, 0) is 0 Å². The predicted octanol–water partition coefficient (Wildman–Crippen LogP) is -2.07. The SMILES string of the molecule is C1CNCCNCCNCCNCCNCCNC1. The lowest BCUT2D eigenvalue weighted by molar-refractivity contribution is 0.558. The molecule has 6 nitrogen and oxygen atoms in total. The van der Waals surface area contributed by atoms with Gasteiger partial charge in [0.15, 0.2) is 0 Å². The van der Waals surface area contributed by atoms with Crippen molar-refractivity contribution in [2.24, 2.45) is 0 Å².